The molecular formula is C18H26ClNO2. The molecule has 0 N–H and O–H groups in total. The minimum atomic E-state index is -0.410. The Labute approximate surface area is 139 Å². The van der Waals surface area contributed by atoms with Gasteiger partial charge >= 0.3 is 5.97 Å². The van der Waals surface area contributed by atoms with E-state index in [-0.39, 0.29) is 18.4 Å². The molecule has 0 saturated carbocycles. The number of halogens is 1. The van der Waals surface area contributed by atoms with Crippen LogP contribution in [-0.4, -0.2) is 30.0 Å². The van der Waals surface area contributed by atoms with Crippen LogP contribution < -0.4 is 0 Å². The summed E-state index contributed by atoms with van der Waals surface area (Å²) in [7, 11) is 0. The van der Waals surface area contributed by atoms with Crippen LogP contribution in [0.3, 0.4) is 0 Å². The third kappa shape index (κ3) is 3.47. The van der Waals surface area contributed by atoms with Crippen LogP contribution in [0.25, 0.3) is 0 Å². The zero-order valence-corrected chi connectivity index (χ0v) is 14.1. The lowest BCUT2D eigenvalue weighted by Crippen LogP contribution is -2.52. The van der Waals surface area contributed by atoms with Gasteiger partial charge in [-0.05, 0) is 24.9 Å². The second kappa shape index (κ2) is 7.47. The van der Waals surface area contributed by atoms with Crippen LogP contribution in [0, 0.1) is 0 Å². The lowest BCUT2D eigenvalue weighted by Gasteiger charge is -2.48. The molecule has 2 saturated heterocycles. The number of piperidine rings is 2. The predicted molar refractivity (Wildman–Crippen MR) is 90.2 cm³/mol. The van der Waals surface area contributed by atoms with Crippen molar-refractivity contribution < 1.29 is 9.53 Å². The molecule has 22 heavy (non-hydrogen) atoms. The van der Waals surface area contributed by atoms with Crippen LogP contribution in [-0.2, 0) is 15.1 Å². The minimum Gasteiger partial charge on any atom is -0.454 e. The Bertz CT molecular complexity index is 493. The zero-order valence-electron chi connectivity index (χ0n) is 13.3. The Hall–Kier alpha value is -1.06. The maximum absolute atomic E-state index is 12.0. The summed E-state index contributed by atoms with van der Waals surface area (Å²) in [6, 6.07) is 10.9. The summed E-state index contributed by atoms with van der Waals surface area (Å²) >= 11 is 0. The Morgan fingerprint density at radius 2 is 2.05 bits per heavy atom. The summed E-state index contributed by atoms with van der Waals surface area (Å²) in [5, 5.41) is 0. The van der Waals surface area contributed by atoms with Gasteiger partial charge in [-0.15, -0.1) is 12.4 Å². The van der Waals surface area contributed by atoms with Crippen molar-refractivity contribution in [2.24, 2.45) is 0 Å². The van der Waals surface area contributed by atoms with Crippen LogP contribution >= 0.6 is 12.4 Å². The highest BCUT2D eigenvalue weighted by Crippen LogP contribution is 2.42. The lowest BCUT2D eigenvalue weighted by atomic mass is 9.78. The third-order valence-electron chi connectivity index (χ3n) is 5.02. The normalized spacial score (nSPS) is 28.3. The predicted octanol–water partition coefficient (Wildman–Crippen LogP) is 3.91. The first kappa shape index (κ1) is 17.3. The van der Waals surface area contributed by atoms with Gasteiger partial charge in [0.05, 0.1) is 0 Å². The van der Waals surface area contributed by atoms with Crippen molar-refractivity contribution in [3.8, 4) is 0 Å². The molecule has 0 aliphatic carbocycles. The molecule has 0 bridgehead atoms. The van der Waals surface area contributed by atoms with E-state index in [0.29, 0.717) is 12.5 Å². The lowest BCUT2D eigenvalue weighted by molar-refractivity contribution is -0.170. The highest BCUT2D eigenvalue weighted by atomic mass is 35.5. The molecular weight excluding hydrogens is 298 g/mol. The van der Waals surface area contributed by atoms with E-state index in [4.69, 9.17) is 4.74 Å². The monoisotopic (exact) mass is 323 g/mol. The van der Waals surface area contributed by atoms with Gasteiger partial charge in [-0.2, -0.15) is 0 Å². The number of fused-ring (bicyclic) bond motifs is 1. The molecule has 0 aromatic heterocycles. The van der Waals surface area contributed by atoms with Crippen molar-refractivity contribution in [3.63, 3.8) is 0 Å². The summed E-state index contributed by atoms with van der Waals surface area (Å²) in [6.45, 7) is 4.12. The molecule has 1 aromatic rings. The first-order chi connectivity index (χ1) is 10.2. The van der Waals surface area contributed by atoms with E-state index in [1.54, 1.807) is 0 Å². The first-order valence-corrected chi connectivity index (χ1v) is 8.25. The molecule has 0 radical (unpaired) electrons. The Morgan fingerprint density at radius 3 is 2.77 bits per heavy atom. The molecule has 1 aromatic carbocycles. The number of carbonyl (C=O) groups is 1. The fourth-order valence-electron chi connectivity index (χ4n) is 3.84. The van der Waals surface area contributed by atoms with Gasteiger partial charge in [-0.25, -0.2) is 0 Å². The summed E-state index contributed by atoms with van der Waals surface area (Å²) in [5.74, 6) is -0.0805. The summed E-state index contributed by atoms with van der Waals surface area (Å²) in [6.07, 6.45) is 6.15. The van der Waals surface area contributed by atoms with Gasteiger partial charge in [-0.1, -0.05) is 43.7 Å². The number of rotatable bonds is 3. The van der Waals surface area contributed by atoms with Gasteiger partial charge in [0.25, 0.3) is 0 Å². The number of hydrogen-bond donors (Lipinski definition) is 0. The van der Waals surface area contributed by atoms with Crippen LogP contribution in [0.15, 0.2) is 30.3 Å². The van der Waals surface area contributed by atoms with Gasteiger partial charge in [0, 0.05) is 31.8 Å². The number of hydrogen-bond acceptors (Lipinski definition) is 3. The highest BCUT2D eigenvalue weighted by molar-refractivity contribution is 5.85. The molecule has 2 atom stereocenters. The molecule has 2 aliphatic rings. The van der Waals surface area contributed by atoms with E-state index in [2.05, 4.69) is 17.0 Å². The van der Waals surface area contributed by atoms with Crippen LogP contribution in [0.5, 0.6) is 0 Å². The number of carbonyl (C=O) groups excluding carboxylic acids is 1. The SMILES string of the molecule is CCC(=O)OC1(c2ccccc2)CCN2CCCCC2C1.Cl. The van der Waals surface area contributed by atoms with Crippen LogP contribution in [0.4, 0.5) is 0 Å². The van der Waals surface area contributed by atoms with Crippen LogP contribution in [0.2, 0.25) is 0 Å². The highest BCUT2D eigenvalue weighted by Gasteiger charge is 2.44. The van der Waals surface area contributed by atoms with Crippen molar-refractivity contribution in [2.75, 3.05) is 13.1 Å². The Morgan fingerprint density at radius 1 is 1.27 bits per heavy atom. The fraction of sp³-hybridized carbons (Fsp3) is 0.611. The topological polar surface area (TPSA) is 29.5 Å². The molecule has 2 aliphatic heterocycles. The second-order valence-corrected chi connectivity index (χ2v) is 6.33. The second-order valence-electron chi connectivity index (χ2n) is 6.33. The Balaban J connectivity index is 0.00000176. The number of ether oxygens (including phenoxy) is 1. The van der Waals surface area contributed by atoms with E-state index >= 15 is 0 Å². The molecule has 0 amide bonds. The Kier molecular flexibility index (Phi) is 5.87. The van der Waals surface area contributed by atoms with Crippen molar-refractivity contribution in [1.29, 1.82) is 0 Å². The largest absolute Gasteiger partial charge is 0.454 e. The van der Waals surface area contributed by atoms with Gasteiger partial charge in [0.1, 0.15) is 5.60 Å². The average Bonchev–Trinajstić information content (AvgIpc) is 2.55. The van der Waals surface area contributed by atoms with E-state index < -0.39 is 5.60 Å². The van der Waals surface area contributed by atoms with Gasteiger partial charge in [0.15, 0.2) is 0 Å². The standard InChI is InChI=1S/C18H25NO2.ClH/c1-2-17(20)21-18(15-8-4-3-5-9-15)11-13-19-12-7-6-10-16(19)14-18;/h3-5,8-9,16H,2,6-7,10-14H2,1H3;1H. The van der Waals surface area contributed by atoms with Crippen LogP contribution in [0.1, 0.15) is 51.0 Å². The molecule has 122 valence electrons. The van der Waals surface area contributed by atoms with Crippen molar-refractivity contribution in [1.82, 2.24) is 4.90 Å². The number of esters is 1. The molecule has 3 nitrogen and oxygen atoms in total. The minimum absolute atomic E-state index is 0. The number of benzene rings is 1. The third-order valence-corrected chi connectivity index (χ3v) is 5.02. The maximum Gasteiger partial charge on any atom is 0.306 e. The van der Waals surface area contributed by atoms with E-state index in [1.807, 2.05) is 25.1 Å². The summed E-state index contributed by atoms with van der Waals surface area (Å²) in [4.78, 5) is 14.6. The van der Waals surface area contributed by atoms with Gasteiger partial charge in [0.2, 0.25) is 0 Å². The molecule has 4 heteroatoms. The molecule has 3 rings (SSSR count). The smallest absolute Gasteiger partial charge is 0.306 e. The molecule has 0 spiro atoms. The van der Waals surface area contributed by atoms with Gasteiger partial charge in [-0.3, -0.25) is 4.79 Å². The number of nitrogens with zero attached hydrogens (tertiary/aromatic N) is 1. The van der Waals surface area contributed by atoms with Crippen molar-refractivity contribution in [3.05, 3.63) is 35.9 Å². The summed E-state index contributed by atoms with van der Waals surface area (Å²) < 4.78 is 6.00. The van der Waals surface area contributed by atoms with Gasteiger partial charge < -0.3 is 9.64 Å². The van der Waals surface area contributed by atoms with Crippen molar-refractivity contribution >= 4 is 18.4 Å². The molecule has 2 heterocycles. The zero-order chi connectivity index (χ0) is 14.7. The van der Waals surface area contributed by atoms with E-state index in [0.717, 1.165) is 24.9 Å². The fourth-order valence-corrected chi connectivity index (χ4v) is 3.84. The quantitative estimate of drug-likeness (QED) is 0.790. The summed E-state index contributed by atoms with van der Waals surface area (Å²) in [5.41, 5.74) is 0.754. The van der Waals surface area contributed by atoms with E-state index in [1.165, 1.54) is 25.8 Å². The average molecular weight is 324 g/mol. The molecule has 2 unspecified atom stereocenters. The first-order valence-electron chi connectivity index (χ1n) is 8.25. The van der Waals surface area contributed by atoms with E-state index in [9.17, 15) is 4.79 Å². The maximum atomic E-state index is 12.0. The molecule has 2 fully saturated rings. The van der Waals surface area contributed by atoms with Crippen molar-refractivity contribution in [2.45, 2.75) is 57.1 Å².